The molecule has 9 heteroatoms. The summed E-state index contributed by atoms with van der Waals surface area (Å²) in [6.07, 6.45) is 0. The first-order valence-corrected chi connectivity index (χ1v) is 6.92. The predicted octanol–water partition coefficient (Wildman–Crippen LogP) is 3.53. The van der Waals surface area contributed by atoms with Crippen LogP contribution in [0, 0.1) is 20.2 Å². The van der Waals surface area contributed by atoms with Crippen molar-refractivity contribution < 1.29 is 9.85 Å². The number of aromatic amines is 1. The average molecular weight is 316 g/mol. The molecule has 0 saturated heterocycles. The normalized spacial score (nSPS) is 10.7. The van der Waals surface area contributed by atoms with E-state index in [1.165, 1.54) is 18.2 Å². The van der Waals surface area contributed by atoms with E-state index in [4.69, 9.17) is 0 Å². The first-order valence-electron chi connectivity index (χ1n) is 6.10. The number of rotatable bonds is 4. The van der Waals surface area contributed by atoms with Gasteiger partial charge < -0.3 is 4.98 Å². The molecule has 1 aromatic heterocycles. The van der Waals surface area contributed by atoms with Crippen LogP contribution in [0.25, 0.3) is 11.0 Å². The number of hydrogen-bond acceptors (Lipinski definition) is 6. The van der Waals surface area contributed by atoms with Gasteiger partial charge in [-0.25, -0.2) is 4.98 Å². The lowest BCUT2D eigenvalue weighted by molar-refractivity contribution is -0.399. The highest BCUT2D eigenvalue weighted by Crippen LogP contribution is 2.40. The molecule has 0 aliphatic carbocycles. The topological polar surface area (TPSA) is 115 Å². The molecule has 0 aliphatic rings. The number of aromatic nitrogens is 2. The van der Waals surface area contributed by atoms with Gasteiger partial charge in [-0.15, -0.1) is 0 Å². The van der Waals surface area contributed by atoms with E-state index in [9.17, 15) is 20.2 Å². The van der Waals surface area contributed by atoms with Gasteiger partial charge in [0.25, 0.3) is 11.4 Å². The number of fused-ring (bicyclic) bond motifs is 1. The molecule has 0 amide bonds. The van der Waals surface area contributed by atoms with E-state index in [2.05, 4.69) is 9.97 Å². The third-order valence-corrected chi connectivity index (χ3v) is 3.94. The first kappa shape index (κ1) is 14.0. The molecular weight excluding hydrogens is 308 g/mol. The SMILES string of the molecule is O=[N+]([O-])c1cccc([N+](=O)[O-])c1Sc1nc2ccccc2[nH]1. The van der Waals surface area contributed by atoms with E-state index in [1.54, 1.807) is 12.1 Å². The summed E-state index contributed by atoms with van der Waals surface area (Å²) in [5.41, 5.74) is 0.803. The molecule has 0 aliphatic heterocycles. The molecular formula is C13H8N4O4S. The maximum absolute atomic E-state index is 11.1. The highest BCUT2D eigenvalue weighted by molar-refractivity contribution is 7.99. The largest absolute Gasteiger partial charge is 0.333 e. The van der Waals surface area contributed by atoms with E-state index in [1.807, 2.05) is 12.1 Å². The minimum atomic E-state index is -0.641. The smallest absolute Gasteiger partial charge is 0.290 e. The zero-order chi connectivity index (χ0) is 15.7. The van der Waals surface area contributed by atoms with E-state index in [-0.39, 0.29) is 16.3 Å². The van der Waals surface area contributed by atoms with Crippen molar-refractivity contribution in [2.24, 2.45) is 0 Å². The van der Waals surface area contributed by atoms with Crippen LogP contribution >= 0.6 is 11.8 Å². The molecule has 0 fully saturated rings. The van der Waals surface area contributed by atoms with Gasteiger partial charge in [0.2, 0.25) is 0 Å². The van der Waals surface area contributed by atoms with Crippen molar-refractivity contribution in [1.29, 1.82) is 0 Å². The van der Waals surface area contributed by atoms with Crippen LogP contribution < -0.4 is 0 Å². The lowest BCUT2D eigenvalue weighted by Crippen LogP contribution is -1.96. The zero-order valence-corrected chi connectivity index (χ0v) is 11.7. The number of nitrogens with zero attached hydrogens (tertiary/aromatic N) is 3. The first-order chi connectivity index (χ1) is 10.6. The molecule has 8 nitrogen and oxygen atoms in total. The van der Waals surface area contributed by atoms with Crippen molar-refractivity contribution >= 4 is 34.2 Å². The monoisotopic (exact) mass is 316 g/mol. The van der Waals surface area contributed by atoms with Crippen molar-refractivity contribution in [2.75, 3.05) is 0 Å². The molecule has 110 valence electrons. The standard InChI is InChI=1S/C13H8N4O4S/c18-16(19)10-6-3-7-11(17(20)21)12(10)22-13-14-8-4-1-2-5-9(8)15-13/h1-7H,(H,14,15). The van der Waals surface area contributed by atoms with Gasteiger partial charge in [0.15, 0.2) is 10.1 Å². The van der Waals surface area contributed by atoms with Gasteiger partial charge >= 0.3 is 0 Å². The summed E-state index contributed by atoms with van der Waals surface area (Å²) in [5, 5.41) is 22.6. The number of H-pyrrole nitrogens is 1. The van der Waals surface area contributed by atoms with Gasteiger partial charge in [-0.2, -0.15) is 0 Å². The van der Waals surface area contributed by atoms with Gasteiger partial charge in [-0.1, -0.05) is 12.1 Å². The number of hydrogen-bond donors (Lipinski definition) is 1. The summed E-state index contributed by atoms with van der Waals surface area (Å²) >= 11 is 0.873. The fraction of sp³-hybridized carbons (Fsp3) is 0. The quantitative estimate of drug-likeness (QED) is 0.581. The Balaban J connectivity index is 2.10. The van der Waals surface area contributed by atoms with Gasteiger partial charge in [0, 0.05) is 12.1 Å². The number of para-hydroxylation sites is 2. The van der Waals surface area contributed by atoms with Crippen LogP contribution in [0.1, 0.15) is 0 Å². The number of nitro groups is 2. The van der Waals surface area contributed by atoms with E-state index < -0.39 is 9.85 Å². The van der Waals surface area contributed by atoms with Crippen molar-refractivity contribution in [3.63, 3.8) is 0 Å². The lowest BCUT2D eigenvalue weighted by Gasteiger charge is -2.01. The third-order valence-electron chi connectivity index (χ3n) is 2.93. The van der Waals surface area contributed by atoms with Crippen LogP contribution in [-0.4, -0.2) is 19.8 Å². The second-order valence-corrected chi connectivity index (χ2v) is 5.30. The highest BCUT2D eigenvalue weighted by atomic mass is 32.2. The Labute approximate surface area is 127 Å². The molecule has 3 rings (SSSR count). The fourth-order valence-corrected chi connectivity index (χ4v) is 2.97. The van der Waals surface area contributed by atoms with Crippen molar-refractivity contribution in [3.05, 3.63) is 62.7 Å². The molecule has 0 atom stereocenters. The molecule has 3 aromatic rings. The summed E-state index contributed by atoms with van der Waals surface area (Å²) in [6, 6.07) is 11.0. The van der Waals surface area contributed by atoms with Gasteiger partial charge in [0.05, 0.1) is 20.9 Å². The molecule has 0 spiro atoms. The maximum atomic E-state index is 11.1. The molecule has 2 aromatic carbocycles. The Kier molecular flexibility index (Phi) is 3.47. The molecule has 22 heavy (non-hydrogen) atoms. The summed E-state index contributed by atoms with van der Waals surface area (Å²) in [5.74, 6) is 0. The highest BCUT2D eigenvalue weighted by Gasteiger charge is 2.26. The minimum absolute atomic E-state index is 0.0449. The predicted molar refractivity (Wildman–Crippen MR) is 80.0 cm³/mol. The third kappa shape index (κ3) is 2.49. The summed E-state index contributed by atoms with van der Waals surface area (Å²) in [6.45, 7) is 0. The second kappa shape index (κ2) is 5.45. The number of benzene rings is 2. The summed E-state index contributed by atoms with van der Waals surface area (Å²) in [7, 11) is 0. The number of imidazole rings is 1. The van der Waals surface area contributed by atoms with E-state index >= 15 is 0 Å². The van der Waals surface area contributed by atoms with E-state index in [0.717, 1.165) is 17.3 Å². The van der Waals surface area contributed by atoms with Crippen molar-refractivity contribution in [2.45, 2.75) is 10.1 Å². The summed E-state index contributed by atoms with van der Waals surface area (Å²) in [4.78, 5) is 28.1. The van der Waals surface area contributed by atoms with Gasteiger partial charge in [-0.3, -0.25) is 20.2 Å². The van der Waals surface area contributed by atoms with E-state index in [0.29, 0.717) is 10.7 Å². The average Bonchev–Trinajstić information content (AvgIpc) is 2.89. The van der Waals surface area contributed by atoms with Crippen LogP contribution in [0.2, 0.25) is 0 Å². The van der Waals surface area contributed by atoms with Gasteiger partial charge in [-0.05, 0) is 30.0 Å². The van der Waals surface area contributed by atoms with Crippen LogP contribution in [0.4, 0.5) is 11.4 Å². The Bertz CT molecular complexity index is 827. The molecule has 0 bridgehead atoms. The van der Waals surface area contributed by atoms with Crippen LogP contribution in [-0.2, 0) is 0 Å². The Morgan fingerprint density at radius 2 is 1.59 bits per heavy atom. The van der Waals surface area contributed by atoms with Crippen LogP contribution in [0.3, 0.4) is 0 Å². The maximum Gasteiger partial charge on any atom is 0.290 e. The minimum Gasteiger partial charge on any atom is -0.333 e. The Morgan fingerprint density at radius 1 is 0.955 bits per heavy atom. The summed E-state index contributed by atoms with van der Waals surface area (Å²) < 4.78 is 0. The molecule has 1 N–H and O–H groups in total. The van der Waals surface area contributed by atoms with Crippen LogP contribution in [0.15, 0.2) is 52.5 Å². The molecule has 1 heterocycles. The second-order valence-electron chi connectivity index (χ2n) is 4.30. The fourth-order valence-electron chi connectivity index (χ4n) is 1.98. The van der Waals surface area contributed by atoms with Crippen molar-refractivity contribution in [3.8, 4) is 0 Å². The van der Waals surface area contributed by atoms with Crippen molar-refractivity contribution in [1.82, 2.24) is 9.97 Å². The molecule has 0 unspecified atom stereocenters. The zero-order valence-electron chi connectivity index (χ0n) is 10.9. The number of nitrogens with one attached hydrogen (secondary N) is 1. The Morgan fingerprint density at radius 3 is 2.18 bits per heavy atom. The lowest BCUT2D eigenvalue weighted by atomic mass is 10.3. The number of nitro benzene ring substituents is 2. The van der Waals surface area contributed by atoms with Crippen LogP contribution in [0.5, 0.6) is 0 Å². The molecule has 0 radical (unpaired) electrons. The van der Waals surface area contributed by atoms with Gasteiger partial charge in [0.1, 0.15) is 0 Å². The molecule has 0 saturated carbocycles. The Hall–Kier alpha value is -2.94.